The number of carbonyl (C=O) groups is 4. The molecule has 0 unspecified atom stereocenters. The van der Waals surface area contributed by atoms with Crippen molar-refractivity contribution < 1.29 is 29.0 Å². The summed E-state index contributed by atoms with van der Waals surface area (Å²) >= 11 is 0. The molecule has 18 heteroatoms. The molecule has 2 aromatic carbocycles. The summed E-state index contributed by atoms with van der Waals surface area (Å²) in [5, 5.41) is 24.3. The van der Waals surface area contributed by atoms with Gasteiger partial charge in [0.2, 0.25) is 23.7 Å². The van der Waals surface area contributed by atoms with E-state index in [4.69, 9.17) is 21.2 Å². The summed E-state index contributed by atoms with van der Waals surface area (Å²) in [7, 11) is 0. The number of nitrogens with one attached hydrogen (secondary N) is 2. The molecule has 0 atom stereocenters. The van der Waals surface area contributed by atoms with Crippen LogP contribution in [-0.2, 0) is 39.0 Å². The van der Waals surface area contributed by atoms with E-state index in [0.29, 0.717) is 65.8 Å². The van der Waals surface area contributed by atoms with Gasteiger partial charge < -0.3 is 30.4 Å². The smallest absolute Gasteiger partial charge is 0.276 e. The Labute approximate surface area is 327 Å². The molecular weight excluding hydrogens is 733 g/mol. The van der Waals surface area contributed by atoms with Crippen LogP contribution in [0, 0.1) is 0 Å². The Bertz CT molecular complexity index is 2510. The maximum atomic E-state index is 13.7. The van der Waals surface area contributed by atoms with Crippen molar-refractivity contribution in [3.05, 3.63) is 88.5 Å². The van der Waals surface area contributed by atoms with Gasteiger partial charge in [0.15, 0.2) is 0 Å². The van der Waals surface area contributed by atoms with E-state index in [-0.39, 0.29) is 55.1 Å². The number of fused-ring (bicyclic) bond motifs is 2. The van der Waals surface area contributed by atoms with Crippen LogP contribution in [0.4, 0.5) is 11.9 Å². The van der Waals surface area contributed by atoms with E-state index in [1.165, 1.54) is 12.1 Å². The lowest BCUT2D eigenvalue weighted by Crippen LogP contribution is -2.20. The van der Waals surface area contributed by atoms with Crippen LogP contribution in [0.5, 0.6) is 5.75 Å². The number of aromatic nitrogens is 8. The molecule has 0 saturated heterocycles. The lowest BCUT2D eigenvalue weighted by atomic mass is 10.1. The van der Waals surface area contributed by atoms with Crippen LogP contribution in [0.1, 0.15) is 87.2 Å². The maximum Gasteiger partial charge on any atom is 0.276 e. The number of hydrogen-bond donors (Lipinski definition) is 5. The van der Waals surface area contributed by atoms with Crippen molar-refractivity contribution in [1.29, 1.82) is 0 Å². The first-order chi connectivity index (χ1) is 27.5. The van der Waals surface area contributed by atoms with Crippen molar-refractivity contribution in [2.75, 3.05) is 23.8 Å². The highest BCUT2D eigenvalue weighted by atomic mass is 16.5. The predicted molar refractivity (Wildman–Crippen MR) is 213 cm³/mol. The van der Waals surface area contributed by atoms with E-state index in [1.54, 1.807) is 48.8 Å². The van der Waals surface area contributed by atoms with Crippen molar-refractivity contribution in [3.63, 3.8) is 0 Å². The number of carbonyl (C=O) groups excluding carboxylic acids is 4. The number of rotatable bonds is 18. The van der Waals surface area contributed by atoms with E-state index < -0.39 is 23.6 Å². The average Bonchev–Trinajstić information content (AvgIpc) is 3.98. The number of amides is 4. The van der Waals surface area contributed by atoms with Gasteiger partial charge in [0, 0.05) is 50.3 Å². The molecule has 0 fully saturated rings. The molecule has 0 radical (unpaired) electrons. The van der Waals surface area contributed by atoms with E-state index in [9.17, 15) is 24.3 Å². The number of anilines is 2. The van der Waals surface area contributed by atoms with Crippen LogP contribution in [-0.4, -0.2) is 80.6 Å². The maximum absolute atomic E-state index is 13.7. The van der Waals surface area contributed by atoms with Gasteiger partial charge in [0.25, 0.3) is 11.8 Å². The minimum absolute atomic E-state index is 0.110. The minimum Gasteiger partial charge on any atom is -0.491 e. The zero-order chi connectivity index (χ0) is 40.8. The second-order valence-electron chi connectivity index (χ2n) is 13.1. The molecule has 0 aliphatic carbocycles. The second kappa shape index (κ2) is 17.3. The van der Waals surface area contributed by atoms with E-state index >= 15 is 0 Å². The van der Waals surface area contributed by atoms with Crippen molar-refractivity contribution in [3.8, 4) is 5.75 Å². The lowest BCUT2D eigenvalue weighted by Gasteiger charge is -2.13. The molecule has 0 aliphatic rings. The molecule has 18 nitrogen and oxygen atoms in total. The van der Waals surface area contributed by atoms with Crippen molar-refractivity contribution in [1.82, 2.24) is 38.7 Å². The van der Waals surface area contributed by atoms with Crippen LogP contribution >= 0.6 is 0 Å². The first kappa shape index (κ1) is 39.9. The number of allylic oxidation sites excluding steroid dienone is 2. The second-order valence-corrected chi connectivity index (χ2v) is 13.1. The van der Waals surface area contributed by atoms with E-state index in [2.05, 4.69) is 25.8 Å². The fourth-order valence-electron chi connectivity index (χ4n) is 6.38. The monoisotopic (exact) mass is 778 g/mol. The number of benzene rings is 2. The largest absolute Gasteiger partial charge is 0.491 e. The van der Waals surface area contributed by atoms with Gasteiger partial charge >= 0.3 is 0 Å². The third kappa shape index (κ3) is 8.40. The molecule has 4 aromatic heterocycles. The number of aliphatic hydroxyl groups excluding tert-OH is 1. The zero-order valence-electron chi connectivity index (χ0n) is 32.3. The van der Waals surface area contributed by atoms with Crippen molar-refractivity contribution >= 4 is 57.6 Å². The summed E-state index contributed by atoms with van der Waals surface area (Å²) in [6.07, 6.45) is 5.30. The van der Waals surface area contributed by atoms with Gasteiger partial charge in [-0.15, -0.1) is 0 Å². The first-order valence-corrected chi connectivity index (χ1v) is 18.8. The fourth-order valence-corrected chi connectivity index (χ4v) is 6.38. The average molecular weight is 779 g/mol. The summed E-state index contributed by atoms with van der Waals surface area (Å²) < 4.78 is 12.8. The highest BCUT2D eigenvalue weighted by Crippen LogP contribution is 2.32. The zero-order valence-corrected chi connectivity index (χ0v) is 32.3. The third-order valence-corrected chi connectivity index (χ3v) is 9.33. The fraction of sp³-hybridized carbons (Fsp3) is 0.333. The Morgan fingerprint density at radius 1 is 0.737 bits per heavy atom. The van der Waals surface area contributed by atoms with Gasteiger partial charge in [0.05, 0.1) is 34.5 Å². The normalized spacial score (nSPS) is 11.5. The number of aliphatic hydroxyl groups is 1. The van der Waals surface area contributed by atoms with E-state index in [0.717, 1.165) is 11.4 Å². The van der Waals surface area contributed by atoms with Crippen molar-refractivity contribution in [2.45, 2.75) is 73.1 Å². The van der Waals surface area contributed by atoms with Crippen LogP contribution in [0.2, 0.25) is 0 Å². The molecule has 57 heavy (non-hydrogen) atoms. The first-order valence-electron chi connectivity index (χ1n) is 18.8. The van der Waals surface area contributed by atoms with Gasteiger partial charge in [-0.05, 0) is 69.2 Å². The highest BCUT2D eigenvalue weighted by Gasteiger charge is 2.23. The molecule has 0 spiro atoms. The molecule has 0 bridgehead atoms. The summed E-state index contributed by atoms with van der Waals surface area (Å²) in [6.45, 7) is 9.05. The number of imidazole rings is 2. The number of nitrogens with two attached hydrogens (primary N) is 2. The summed E-state index contributed by atoms with van der Waals surface area (Å²) in [5.41, 5.74) is 15.9. The predicted octanol–water partition coefficient (Wildman–Crippen LogP) is 3.66. The summed E-state index contributed by atoms with van der Waals surface area (Å²) in [4.78, 5) is 61.2. The summed E-state index contributed by atoms with van der Waals surface area (Å²) in [6, 6.07) is 11.4. The van der Waals surface area contributed by atoms with Crippen molar-refractivity contribution in [2.24, 2.45) is 11.5 Å². The molecule has 0 aliphatic heterocycles. The molecule has 6 aromatic rings. The Balaban J connectivity index is 1.38. The Morgan fingerprint density at radius 3 is 1.84 bits per heavy atom. The summed E-state index contributed by atoms with van der Waals surface area (Å²) in [5.74, 6) is -1.45. The number of nitrogens with zero attached hydrogens (tertiary/aromatic N) is 8. The standard InChI is InChI=1S/C39H46N12O6/c1-5-25-21-30(50(7-3)46-25)36(55)44-38-42-27-13-12-23(34(40)53)19-29(27)48(38)14-9-10-15-49-33-28(18-24(35(41)54)20-32(33)57-17-11-16-52)43-39(49)45-37(56)31-22-26(6-2)47-51(31)8-4/h9-10,12-13,18-22,52H,5-8,11,14-17H2,1-4H3,(H2,40,53)(H2,41,54)(H,42,44,55)(H,43,45,56)/b10-9+. The molecular formula is C39H46N12O6. The third-order valence-electron chi connectivity index (χ3n) is 9.33. The van der Waals surface area contributed by atoms with Gasteiger partial charge in [0.1, 0.15) is 22.7 Å². The van der Waals surface area contributed by atoms with E-state index in [1.807, 2.05) is 39.8 Å². The van der Waals surface area contributed by atoms with Gasteiger partial charge in [-0.1, -0.05) is 26.0 Å². The van der Waals surface area contributed by atoms with Gasteiger partial charge in [-0.2, -0.15) is 10.2 Å². The van der Waals surface area contributed by atoms with Crippen LogP contribution in [0.3, 0.4) is 0 Å². The molecule has 298 valence electrons. The number of primary amides is 2. The van der Waals surface area contributed by atoms with Gasteiger partial charge in [-0.25, -0.2) is 9.97 Å². The van der Waals surface area contributed by atoms with Crippen LogP contribution < -0.4 is 26.8 Å². The highest BCUT2D eigenvalue weighted by molar-refractivity contribution is 6.05. The molecule has 7 N–H and O–H groups in total. The van der Waals surface area contributed by atoms with Crippen LogP contribution in [0.15, 0.2) is 54.6 Å². The topological polar surface area (TPSA) is 245 Å². The lowest BCUT2D eigenvalue weighted by molar-refractivity contribution is 0.0992. The Hall–Kier alpha value is -6.82. The molecule has 4 amide bonds. The number of hydrogen-bond acceptors (Lipinski definition) is 10. The Morgan fingerprint density at radius 2 is 1.30 bits per heavy atom. The quantitative estimate of drug-likeness (QED) is 0.0626. The number of aryl methyl sites for hydroxylation is 4. The number of ether oxygens (including phenoxy) is 1. The van der Waals surface area contributed by atoms with Crippen LogP contribution in [0.25, 0.3) is 22.1 Å². The minimum atomic E-state index is -0.692. The molecule has 6 rings (SSSR count). The van der Waals surface area contributed by atoms with Gasteiger partial charge in [-0.3, -0.25) is 39.2 Å². The Kier molecular flexibility index (Phi) is 12.1. The SMILES string of the molecule is CCc1cc(C(=O)Nc2nc3ccc(C(N)=O)cc3n2C/C=C/Cn2c(NC(=O)c3cc(CC)nn3CC)nc3cc(C(N)=O)cc(OCCCO)c32)n(CC)n1. The molecule has 4 heterocycles. The molecule has 0 saturated carbocycles.